The summed E-state index contributed by atoms with van der Waals surface area (Å²) in [6, 6.07) is 9.69. The number of pyridine rings is 1. The van der Waals surface area contributed by atoms with Crippen LogP contribution in [-0.4, -0.2) is 28.4 Å². The second-order valence-corrected chi connectivity index (χ2v) is 4.95. The highest BCUT2D eigenvalue weighted by Gasteiger charge is 2.16. The number of rotatable bonds is 5. The van der Waals surface area contributed by atoms with Crippen molar-refractivity contribution in [3.63, 3.8) is 0 Å². The highest BCUT2D eigenvalue weighted by molar-refractivity contribution is 6.30. The number of halogens is 1. The Morgan fingerprint density at radius 3 is 2.57 bits per heavy atom. The van der Waals surface area contributed by atoms with E-state index in [1.807, 2.05) is 5.32 Å². The number of nitrogens with zero attached hydrogens (tertiary/aromatic N) is 1. The van der Waals surface area contributed by atoms with Gasteiger partial charge < -0.3 is 15.6 Å². The van der Waals surface area contributed by atoms with E-state index < -0.39 is 11.8 Å². The van der Waals surface area contributed by atoms with Gasteiger partial charge >= 0.3 is 0 Å². The van der Waals surface area contributed by atoms with Crippen LogP contribution in [0.2, 0.25) is 5.02 Å². The van der Waals surface area contributed by atoms with Gasteiger partial charge in [-0.2, -0.15) is 0 Å². The first-order valence-electron chi connectivity index (χ1n) is 6.61. The summed E-state index contributed by atoms with van der Waals surface area (Å²) in [5.41, 5.74) is 5.64. The molecule has 0 aliphatic heterocycles. The average molecular weight is 336 g/mol. The molecule has 0 fully saturated rings. The second kappa shape index (κ2) is 7.57. The zero-order valence-electron chi connectivity index (χ0n) is 12.0. The van der Waals surface area contributed by atoms with E-state index in [4.69, 9.17) is 22.1 Å². The van der Waals surface area contributed by atoms with Gasteiger partial charge in [-0.15, -0.1) is 0 Å². The van der Waals surface area contributed by atoms with E-state index in [9.17, 15) is 14.7 Å². The van der Waals surface area contributed by atoms with E-state index >= 15 is 0 Å². The Kier molecular flexibility index (Phi) is 5.51. The van der Waals surface area contributed by atoms with Crippen molar-refractivity contribution in [1.82, 2.24) is 10.3 Å². The Hall–Kier alpha value is -2.64. The molecule has 8 heteroatoms. The topological polar surface area (TPSA) is 115 Å². The molecule has 2 amide bonds. The minimum absolute atomic E-state index is 0.128. The molecule has 1 heterocycles. The first kappa shape index (κ1) is 16.7. The zero-order chi connectivity index (χ0) is 16.8. The summed E-state index contributed by atoms with van der Waals surface area (Å²) in [5, 5.41) is 12.3. The van der Waals surface area contributed by atoms with Gasteiger partial charge in [0.15, 0.2) is 5.69 Å². The predicted molar refractivity (Wildman–Crippen MR) is 83.2 cm³/mol. The fourth-order valence-corrected chi connectivity index (χ4v) is 1.78. The molecule has 2 rings (SSSR count). The summed E-state index contributed by atoms with van der Waals surface area (Å²) in [6.07, 6.45) is 0. The van der Waals surface area contributed by atoms with Gasteiger partial charge in [0.25, 0.3) is 5.91 Å². The standard InChI is InChI=1S/C15H14ClN3O4/c16-10-3-1-9(2-4-10)8-23-13-6-5-11(20)14(19-13)15(22)18-12(21)7-17/h1-6,20H,7-8,17H2,(H,18,21,22). The molecule has 0 radical (unpaired) electrons. The van der Waals surface area contributed by atoms with Gasteiger partial charge in [0.1, 0.15) is 12.4 Å². The molecule has 0 saturated heterocycles. The van der Waals surface area contributed by atoms with Crippen LogP contribution >= 0.6 is 11.6 Å². The van der Waals surface area contributed by atoms with Crippen molar-refractivity contribution in [2.45, 2.75) is 6.61 Å². The summed E-state index contributed by atoms with van der Waals surface area (Å²) >= 11 is 5.79. The Morgan fingerprint density at radius 1 is 1.22 bits per heavy atom. The Balaban J connectivity index is 2.08. The molecule has 0 spiro atoms. The molecule has 0 saturated carbocycles. The van der Waals surface area contributed by atoms with Crippen molar-refractivity contribution in [1.29, 1.82) is 0 Å². The molecule has 2 aromatic rings. The predicted octanol–water partition coefficient (Wildman–Crippen LogP) is 1.23. The number of aromatic hydroxyl groups is 1. The number of nitrogens with two attached hydrogens (primary N) is 1. The van der Waals surface area contributed by atoms with Crippen molar-refractivity contribution in [2.75, 3.05) is 6.54 Å². The number of hydrogen-bond donors (Lipinski definition) is 3. The third-order valence-corrected chi connectivity index (χ3v) is 3.05. The van der Waals surface area contributed by atoms with E-state index in [1.165, 1.54) is 12.1 Å². The van der Waals surface area contributed by atoms with Crippen molar-refractivity contribution < 1.29 is 19.4 Å². The Bertz CT molecular complexity index is 719. The molecular weight excluding hydrogens is 322 g/mol. The Labute approximate surface area is 137 Å². The lowest BCUT2D eigenvalue weighted by molar-refractivity contribution is -0.118. The van der Waals surface area contributed by atoms with Crippen LogP contribution in [0.4, 0.5) is 0 Å². The number of carbonyl (C=O) groups is 2. The second-order valence-electron chi connectivity index (χ2n) is 4.51. The van der Waals surface area contributed by atoms with Crippen LogP contribution in [0.15, 0.2) is 36.4 Å². The van der Waals surface area contributed by atoms with E-state index in [2.05, 4.69) is 4.98 Å². The molecule has 0 atom stereocenters. The molecule has 0 aliphatic rings. The maximum Gasteiger partial charge on any atom is 0.280 e. The van der Waals surface area contributed by atoms with E-state index in [0.717, 1.165) is 5.56 Å². The van der Waals surface area contributed by atoms with Crippen LogP contribution in [0, 0.1) is 0 Å². The number of carbonyl (C=O) groups excluding carboxylic acids is 2. The molecule has 1 aromatic heterocycles. The molecule has 0 bridgehead atoms. The minimum Gasteiger partial charge on any atom is -0.505 e. The third kappa shape index (κ3) is 4.67. The number of benzene rings is 1. The van der Waals surface area contributed by atoms with Crippen molar-refractivity contribution in [2.24, 2.45) is 5.73 Å². The van der Waals surface area contributed by atoms with Crippen molar-refractivity contribution >= 4 is 23.4 Å². The fraction of sp³-hybridized carbons (Fsp3) is 0.133. The maximum absolute atomic E-state index is 11.8. The summed E-state index contributed by atoms with van der Waals surface area (Å²) in [4.78, 5) is 26.8. The Morgan fingerprint density at radius 2 is 1.91 bits per heavy atom. The van der Waals surface area contributed by atoms with Gasteiger partial charge in [0, 0.05) is 11.1 Å². The molecule has 23 heavy (non-hydrogen) atoms. The summed E-state index contributed by atoms with van der Waals surface area (Å²) in [7, 11) is 0. The normalized spacial score (nSPS) is 10.2. The van der Waals surface area contributed by atoms with Gasteiger partial charge in [-0.25, -0.2) is 4.98 Å². The quantitative estimate of drug-likeness (QED) is 0.757. The highest BCUT2D eigenvalue weighted by atomic mass is 35.5. The molecule has 4 N–H and O–H groups in total. The number of ether oxygens (including phenoxy) is 1. The van der Waals surface area contributed by atoms with Crippen molar-refractivity contribution in [3.05, 3.63) is 52.7 Å². The van der Waals surface area contributed by atoms with E-state index in [1.54, 1.807) is 24.3 Å². The SMILES string of the molecule is NCC(=O)NC(=O)c1nc(OCc2ccc(Cl)cc2)ccc1O. The molecule has 1 aromatic carbocycles. The van der Waals surface area contributed by atoms with Crippen LogP contribution in [0.5, 0.6) is 11.6 Å². The molecule has 0 aliphatic carbocycles. The lowest BCUT2D eigenvalue weighted by atomic mass is 10.2. The van der Waals surface area contributed by atoms with Gasteiger partial charge in [0.05, 0.1) is 6.54 Å². The van der Waals surface area contributed by atoms with E-state index in [0.29, 0.717) is 5.02 Å². The third-order valence-electron chi connectivity index (χ3n) is 2.80. The lowest BCUT2D eigenvalue weighted by Crippen LogP contribution is -2.35. The number of amides is 2. The van der Waals surface area contributed by atoms with Crippen molar-refractivity contribution in [3.8, 4) is 11.6 Å². The first-order chi connectivity index (χ1) is 11.0. The number of imide groups is 1. The monoisotopic (exact) mass is 335 g/mol. The maximum atomic E-state index is 11.8. The van der Waals surface area contributed by atoms with Gasteiger partial charge in [-0.3, -0.25) is 14.9 Å². The molecule has 7 nitrogen and oxygen atoms in total. The average Bonchev–Trinajstić information content (AvgIpc) is 2.55. The molecular formula is C15H14ClN3O4. The molecule has 120 valence electrons. The van der Waals surface area contributed by atoms with Crippen LogP contribution in [0.1, 0.15) is 16.1 Å². The van der Waals surface area contributed by atoms with E-state index in [-0.39, 0.29) is 30.5 Å². The first-order valence-corrected chi connectivity index (χ1v) is 6.99. The largest absolute Gasteiger partial charge is 0.505 e. The van der Waals surface area contributed by atoms with Crippen LogP contribution in [0.3, 0.4) is 0 Å². The summed E-state index contributed by atoms with van der Waals surface area (Å²) in [6.45, 7) is -0.142. The van der Waals surface area contributed by atoms with Crippen LogP contribution in [-0.2, 0) is 11.4 Å². The zero-order valence-corrected chi connectivity index (χ0v) is 12.7. The smallest absolute Gasteiger partial charge is 0.280 e. The summed E-state index contributed by atoms with van der Waals surface area (Å²) in [5.74, 6) is -1.77. The fourth-order valence-electron chi connectivity index (χ4n) is 1.66. The minimum atomic E-state index is -0.852. The lowest BCUT2D eigenvalue weighted by Gasteiger charge is -2.08. The van der Waals surface area contributed by atoms with Crippen LogP contribution < -0.4 is 15.8 Å². The number of nitrogens with one attached hydrogen (secondary N) is 1. The van der Waals surface area contributed by atoms with Gasteiger partial charge in [0.2, 0.25) is 11.8 Å². The number of aromatic nitrogens is 1. The van der Waals surface area contributed by atoms with Crippen LogP contribution in [0.25, 0.3) is 0 Å². The summed E-state index contributed by atoms with van der Waals surface area (Å²) < 4.78 is 5.45. The molecule has 0 unspecified atom stereocenters. The van der Waals surface area contributed by atoms with Gasteiger partial charge in [-0.1, -0.05) is 23.7 Å². The number of hydrogen-bond acceptors (Lipinski definition) is 6. The highest BCUT2D eigenvalue weighted by Crippen LogP contribution is 2.20. The van der Waals surface area contributed by atoms with Gasteiger partial charge in [-0.05, 0) is 23.8 Å².